The number of aromatic nitrogens is 3. The number of amides is 1. The van der Waals surface area contributed by atoms with E-state index >= 15 is 0 Å². The maximum atomic E-state index is 12.3. The molecule has 0 saturated carbocycles. The summed E-state index contributed by atoms with van der Waals surface area (Å²) < 4.78 is 12.8. The number of nitrogens with one attached hydrogen (secondary N) is 1. The molecule has 152 valence electrons. The second kappa shape index (κ2) is 10.2. The van der Waals surface area contributed by atoms with Gasteiger partial charge in [-0.3, -0.25) is 4.79 Å². The van der Waals surface area contributed by atoms with Gasteiger partial charge in [0, 0.05) is 18.3 Å². The van der Waals surface area contributed by atoms with Crippen LogP contribution in [-0.2, 0) is 17.9 Å². The van der Waals surface area contributed by atoms with Crippen LogP contribution in [0.2, 0.25) is 5.02 Å². The van der Waals surface area contributed by atoms with Crippen LogP contribution >= 0.6 is 23.4 Å². The number of halogens is 1. The van der Waals surface area contributed by atoms with E-state index < -0.39 is 0 Å². The summed E-state index contributed by atoms with van der Waals surface area (Å²) in [6.45, 7) is 2.89. The molecule has 0 spiro atoms. The van der Waals surface area contributed by atoms with Gasteiger partial charge in [0.05, 0.1) is 17.9 Å². The zero-order chi connectivity index (χ0) is 20.6. The molecule has 0 bridgehead atoms. The van der Waals surface area contributed by atoms with Gasteiger partial charge < -0.3 is 19.4 Å². The number of hydrogen-bond donors (Lipinski definition) is 1. The number of nitrogens with zero attached hydrogens (tertiary/aromatic N) is 3. The average Bonchev–Trinajstić information content (AvgIpc) is 3.13. The van der Waals surface area contributed by atoms with Crippen molar-refractivity contribution < 1.29 is 14.3 Å². The summed E-state index contributed by atoms with van der Waals surface area (Å²) in [5.41, 5.74) is 0.681. The minimum Gasteiger partial charge on any atom is -0.497 e. The highest BCUT2D eigenvalue weighted by Crippen LogP contribution is 2.25. The van der Waals surface area contributed by atoms with E-state index in [0.29, 0.717) is 39.7 Å². The van der Waals surface area contributed by atoms with Crippen molar-refractivity contribution in [2.24, 2.45) is 0 Å². The quantitative estimate of drug-likeness (QED) is 0.509. The topological polar surface area (TPSA) is 78.3 Å². The largest absolute Gasteiger partial charge is 0.497 e. The van der Waals surface area contributed by atoms with Gasteiger partial charge in [-0.15, -0.1) is 10.2 Å². The molecular formula is C20H21ClN4O3S. The molecule has 0 atom stereocenters. The lowest BCUT2D eigenvalue weighted by Crippen LogP contribution is -2.15. The van der Waals surface area contributed by atoms with Gasteiger partial charge in [-0.1, -0.05) is 41.6 Å². The standard InChI is InChI=1S/C20H21ClN4O3S/c1-3-25-18(12-28-17-10-5-4-9-16(17)21)23-24-20(25)29-13-19(26)22-14-7-6-8-15(11-14)27-2/h4-11H,3,12-13H2,1-2H3,(H,22,26). The molecule has 2 aromatic carbocycles. The van der Waals surface area contributed by atoms with E-state index in [1.807, 2.05) is 41.8 Å². The number of para-hydroxylation sites is 1. The Balaban J connectivity index is 1.58. The first-order valence-corrected chi connectivity index (χ1v) is 10.3. The van der Waals surface area contributed by atoms with E-state index in [1.54, 1.807) is 25.3 Å². The molecule has 0 radical (unpaired) electrons. The molecule has 0 aliphatic carbocycles. The zero-order valence-electron chi connectivity index (χ0n) is 16.1. The van der Waals surface area contributed by atoms with Gasteiger partial charge in [0.1, 0.15) is 18.1 Å². The average molecular weight is 433 g/mol. The molecule has 0 aliphatic rings. The summed E-state index contributed by atoms with van der Waals surface area (Å²) in [6.07, 6.45) is 0. The Labute approximate surface area is 178 Å². The summed E-state index contributed by atoms with van der Waals surface area (Å²) in [6, 6.07) is 14.5. The van der Waals surface area contributed by atoms with E-state index in [9.17, 15) is 4.79 Å². The smallest absolute Gasteiger partial charge is 0.234 e. The Morgan fingerprint density at radius 2 is 2.03 bits per heavy atom. The van der Waals surface area contributed by atoms with Crippen molar-refractivity contribution in [2.45, 2.75) is 25.2 Å². The van der Waals surface area contributed by atoms with Gasteiger partial charge in [0.2, 0.25) is 5.91 Å². The van der Waals surface area contributed by atoms with E-state index in [0.717, 1.165) is 0 Å². The van der Waals surface area contributed by atoms with Gasteiger partial charge in [-0.05, 0) is 31.2 Å². The summed E-state index contributed by atoms with van der Waals surface area (Å²) in [7, 11) is 1.58. The summed E-state index contributed by atoms with van der Waals surface area (Å²) in [5, 5.41) is 12.4. The summed E-state index contributed by atoms with van der Waals surface area (Å²) in [4.78, 5) is 12.3. The van der Waals surface area contributed by atoms with Crippen LogP contribution in [0.5, 0.6) is 11.5 Å². The van der Waals surface area contributed by atoms with Crippen molar-refractivity contribution >= 4 is 35.0 Å². The van der Waals surface area contributed by atoms with Crippen LogP contribution in [0.25, 0.3) is 0 Å². The van der Waals surface area contributed by atoms with Crippen molar-refractivity contribution in [1.29, 1.82) is 0 Å². The fraction of sp³-hybridized carbons (Fsp3) is 0.250. The molecule has 3 aromatic rings. The maximum absolute atomic E-state index is 12.3. The van der Waals surface area contributed by atoms with E-state index in [-0.39, 0.29) is 18.3 Å². The molecule has 0 saturated heterocycles. The number of hydrogen-bond acceptors (Lipinski definition) is 6. The van der Waals surface area contributed by atoms with E-state index in [4.69, 9.17) is 21.1 Å². The molecule has 0 aliphatic heterocycles. The molecule has 0 fully saturated rings. The van der Waals surface area contributed by atoms with Crippen LogP contribution in [0.15, 0.2) is 53.7 Å². The second-order valence-corrected chi connectivity index (χ2v) is 7.28. The highest BCUT2D eigenvalue weighted by Gasteiger charge is 2.14. The van der Waals surface area contributed by atoms with Crippen LogP contribution in [0, 0.1) is 0 Å². The lowest BCUT2D eigenvalue weighted by molar-refractivity contribution is -0.113. The summed E-state index contributed by atoms with van der Waals surface area (Å²) in [5.74, 6) is 2.02. The Morgan fingerprint density at radius 3 is 2.79 bits per heavy atom. The van der Waals surface area contributed by atoms with Crippen LogP contribution in [0.3, 0.4) is 0 Å². The van der Waals surface area contributed by atoms with Crippen LogP contribution in [0.4, 0.5) is 5.69 Å². The lowest BCUT2D eigenvalue weighted by atomic mass is 10.3. The molecule has 1 heterocycles. The third-order valence-corrected chi connectivity index (χ3v) is 5.27. The number of ether oxygens (including phenoxy) is 2. The molecule has 9 heteroatoms. The predicted octanol–water partition coefficient (Wildman–Crippen LogP) is 4.27. The lowest BCUT2D eigenvalue weighted by Gasteiger charge is -2.10. The normalized spacial score (nSPS) is 10.6. The number of benzene rings is 2. The maximum Gasteiger partial charge on any atom is 0.234 e. The van der Waals surface area contributed by atoms with Gasteiger partial charge in [-0.2, -0.15) is 0 Å². The third-order valence-electron chi connectivity index (χ3n) is 3.99. The molecule has 29 heavy (non-hydrogen) atoms. The highest BCUT2D eigenvalue weighted by atomic mass is 35.5. The molecule has 1 amide bonds. The number of carbonyl (C=O) groups excluding carboxylic acids is 1. The monoisotopic (exact) mass is 432 g/mol. The molecule has 1 N–H and O–H groups in total. The highest BCUT2D eigenvalue weighted by molar-refractivity contribution is 7.99. The van der Waals surface area contributed by atoms with E-state index in [2.05, 4.69) is 15.5 Å². The third kappa shape index (κ3) is 5.65. The Hall–Kier alpha value is -2.71. The van der Waals surface area contributed by atoms with Gasteiger partial charge in [-0.25, -0.2) is 0 Å². The first kappa shape index (κ1) is 21.0. The van der Waals surface area contributed by atoms with Crippen molar-refractivity contribution in [3.63, 3.8) is 0 Å². The van der Waals surface area contributed by atoms with Crippen LogP contribution < -0.4 is 14.8 Å². The number of methoxy groups -OCH3 is 1. The fourth-order valence-corrected chi connectivity index (χ4v) is 3.59. The Bertz CT molecular complexity index is 980. The first-order chi connectivity index (χ1) is 14.1. The van der Waals surface area contributed by atoms with Crippen molar-refractivity contribution in [3.05, 3.63) is 59.4 Å². The Morgan fingerprint density at radius 1 is 1.21 bits per heavy atom. The molecule has 1 aromatic heterocycles. The first-order valence-electron chi connectivity index (χ1n) is 8.96. The van der Waals surface area contributed by atoms with E-state index in [1.165, 1.54) is 11.8 Å². The Kier molecular flexibility index (Phi) is 7.37. The molecule has 0 unspecified atom stereocenters. The molecule has 7 nitrogen and oxygen atoms in total. The van der Waals surface area contributed by atoms with Gasteiger partial charge in [0.25, 0.3) is 0 Å². The van der Waals surface area contributed by atoms with Crippen LogP contribution in [0.1, 0.15) is 12.7 Å². The summed E-state index contributed by atoms with van der Waals surface area (Å²) >= 11 is 7.43. The number of thioether (sulfide) groups is 1. The second-order valence-electron chi connectivity index (χ2n) is 5.93. The van der Waals surface area contributed by atoms with Crippen molar-refractivity contribution in [2.75, 3.05) is 18.2 Å². The van der Waals surface area contributed by atoms with Crippen molar-refractivity contribution in [1.82, 2.24) is 14.8 Å². The zero-order valence-corrected chi connectivity index (χ0v) is 17.7. The molecule has 3 rings (SSSR count). The van der Waals surface area contributed by atoms with Gasteiger partial charge >= 0.3 is 0 Å². The van der Waals surface area contributed by atoms with Gasteiger partial charge in [0.15, 0.2) is 11.0 Å². The fourth-order valence-electron chi connectivity index (χ4n) is 2.58. The minimum atomic E-state index is -0.136. The molecular weight excluding hydrogens is 412 g/mol. The number of rotatable bonds is 9. The SMILES string of the molecule is CCn1c(COc2ccccc2Cl)nnc1SCC(=O)Nc1cccc(OC)c1. The minimum absolute atomic E-state index is 0.136. The number of carbonyl (C=O) groups is 1. The predicted molar refractivity (Wildman–Crippen MR) is 114 cm³/mol. The van der Waals surface area contributed by atoms with Crippen molar-refractivity contribution in [3.8, 4) is 11.5 Å². The van der Waals surface area contributed by atoms with Crippen LogP contribution in [-0.4, -0.2) is 33.5 Å². The number of anilines is 1.